The van der Waals surface area contributed by atoms with E-state index in [0.717, 1.165) is 10.6 Å². The SMILES string of the molecule is COc1ccc([P+](C)(C(=O)O[C@H]2C(=O)OCC2(C)C)c2ccccc2)cc1. The zero-order valence-electron chi connectivity index (χ0n) is 16.0. The lowest BCUT2D eigenvalue weighted by molar-refractivity contribution is -0.144. The predicted octanol–water partition coefficient (Wildman–Crippen LogP) is 3.38. The molecule has 0 aliphatic carbocycles. The number of esters is 1. The normalized spacial score (nSPS) is 20.4. The molecular weight excluding hydrogens is 363 g/mol. The summed E-state index contributed by atoms with van der Waals surface area (Å²) in [5.74, 6) is 0.231. The molecule has 6 heteroatoms. The maximum absolute atomic E-state index is 13.4. The van der Waals surface area contributed by atoms with Gasteiger partial charge < -0.3 is 14.2 Å². The molecule has 3 rings (SSSR count). The third-order valence-corrected chi connectivity index (χ3v) is 8.45. The summed E-state index contributed by atoms with van der Waals surface area (Å²) in [6.07, 6.45) is -0.897. The highest BCUT2D eigenvalue weighted by atomic mass is 31.2. The van der Waals surface area contributed by atoms with Crippen molar-refractivity contribution in [1.82, 2.24) is 0 Å². The molecule has 1 aliphatic heterocycles. The molecule has 1 unspecified atom stereocenters. The van der Waals surface area contributed by atoms with E-state index in [1.807, 2.05) is 75.1 Å². The van der Waals surface area contributed by atoms with Gasteiger partial charge in [0.15, 0.2) is 7.26 Å². The molecular formula is C21H24O5P+. The van der Waals surface area contributed by atoms with E-state index >= 15 is 0 Å². The first-order valence-corrected chi connectivity index (χ1v) is 11.0. The van der Waals surface area contributed by atoms with Crippen molar-refractivity contribution in [2.24, 2.45) is 5.41 Å². The minimum atomic E-state index is -2.56. The van der Waals surface area contributed by atoms with E-state index in [1.165, 1.54) is 0 Å². The molecule has 0 amide bonds. The van der Waals surface area contributed by atoms with Gasteiger partial charge in [-0.2, -0.15) is 0 Å². The van der Waals surface area contributed by atoms with Gasteiger partial charge in [-0.1, -0.05) is 32.0 Å². The monoisotopic (exact) mass is 387 g/mol. The van der Waals surface area contributed by atoms with Crippen molar-refractivity contribution in [3.05, 3.63) is 54.6 Å². The summed E-state index contributed by atoms with van der Waals surface area (Å²) in [5, 5.41) is 1.76. The number of methoxy groups -OCH3 is 1. The summed E-state index contributed by atoms with van der Waals surface area (Å²) in [4.78, 5) is 25.5. The van der Waals surface area contributed by atoms with Crippen molar-refractivity contribution in [2.45, 2.75) is 20.0 Å². The van der Waals surface area contributed by atoms with Crippen LogP contribution in [0.3, 0.4) is 0 Å². The standard InChI is InChI=1S/C21H24O5P/c1-21(2)14-25-19(22)18(21)26-20(23)27(4,16-8-6-5-7-9-16)17-12-10-15(24-3)11-13-17/h5-13,18H,14H2,1-4H3/q+1/t18-,27?/m0/s1. The van der Waals surface area contributed by atoms with Crippen LogP contribution in [0.15, 0.2) is 54.6 Å². The quantitative estimate of drug-likeness (QED) is 0.581. The van der Waals surface area contributed by atoms with Crippen molar-refractivity contribution < 1.29 is 23.8 Å². The molecule has 1 heterocycles. The largest absolute Gasteiger partial charge is 0.497 e. The third-order valence-electron chi connectivity index (χ3n) is 4.96. The van der Waals surface area contributed by atoms with E-state index in [0.29, 0.717) is 5.75 Å². The third kappa shape index (κ3) is 3.57. The second-order valence-electron chi connectivity index (χ2n) is 7.40. The van der Waals surface area contributed by atoms with Gasteiger partial charge in [-0.05, 0) is 36.4 Å². The van der Waals surface area contributed by atoms with Gasteiger partial charge >= 0.3 is 11.7 Å². The van der Waals surface area contributed by atoms with Crippen molar-refractivity contribution in [3.63, 3.8) is 0 Å². The fourth-order valence-corrected chi connectivity index (χ4v) is 5.66. The number of ether oxygens (including phenoxy) is 3. The molecule has 0 spiro atoms. The number of rotatable bonds is 5. The first-order valence-electron chi connectivity index (χ1n) is 8.73. The minimum absolute atomic E-state index is 0.243. The summed E-state index contributed by atoms with van der Waals surface area (Å²) in [6, 6.07) is 17.0. The Kier molecular flexibility index (Phi) is 5.25. The number of cyclic esters (lactones) is 1. The van der Waals surface area contributed by atoms with Gasteiger partial charge in [0.05, 0.1) is 13.8 Å². The highest BCUT2D eigenvalue weighted by molar-refractivity contribution is 8.01. The molecule has 2 aromatic carbocycles. The molecule has 0 radical (unpaired) electrons. The molecule has 5 nitrogen and oxygen atoms in total. The molecule has 27 heavy (non-hydrogen) atoms. The van der Waals surface area contributed by atoms with E-state index in [4.69, 9.17) is 14.2 Å². The van der Waals surface area contributed by atoms with E-state index in [2.05, 4.69) is 0 Å². The van der Waals surface area contributed by atoms with Gasteiger partial charge in [0, 0.05) is 5.41 Å². The Morgan fingerprint density at radius 2 is 1.67 bits per heavy atom. The van der Waals surface area contributed by atoms with Crippen molar-refractivity contribution in [1.29, 1.82) is 0 Å². The lowest BCUT2D eigenvalue weighted by atomic mass is 9.90. The fourth-order valence-electron chi connectivity index (χ4n) is 3.11. The van der Waals surface area contributed by atoms with Gasteiger partial charge in [-0.25, -0.2) is 9.59 Å². The highest BCUT2D eigenvalue weighted by Gasteiger charge is 2.54. The maximum atomic E-state index is 13.4. The van der Waals surface area contributed by atoms with Crippen LogP contribution >= 0.6 is 7.26 Å². The van der Waals surface area contributed by atoms with Crippen molar-refractivity contribution in [3.8, 4) is 5.75 Å². The second kappa shape index (κ2) is 7.32. The van der Waals surface area contributed by atoms with Gasteiger partial charge in [-0.3, -0.25) is 0 Å². The van der Waals surface area contributed by atoms with E-state index < -0.39 is 24.8 Å². The second-order valence-corrected chi connectivity index (χ2v) is 10.8. The molecule has 0 aromatic heterocycles. The Hall–Kier alpha value is -2.39. The van der Waals surface area contributed by atoms with Crippen LogP contribution in [0.5, 0.6) is 5.75 Å². The summed E-state index contributed by atoms with van der Waals surface area (Å²) in [7, 11) is -0.955. The zero-order chi connectivity index (χ0) is 19.7. The number of hydrogen-bond acceptors (Lipinski definition) is 5. The fraction of sp³-hybridized carbons (Fsp3) is 0.333. The summed E-state index contributed by atoms with van der Waals surface area (Å²) in [5.41, 5.74) is -0.926. The van der Waals surface area contributed by atoms with Crippen molar-refractivity contribution in [2.75, 3.05) is 20.4 Å². The van der Waals surface area contributed by atoms with Crippen LogP contribution in [-0.4, -0.2) is 38.2 Å². The average Bonchev–Trinajstić information content (AvgIpc) is 2.94. The Labute approximate surface area is 160 Å². The molecule has 0 bridgehead atoms. The van der Waals surface area contributed by atoms with Crippen LogP contribution < -0.4 is 15.3 Å². The topological polar surface area (TPSA) is 61.8 Å². The molecule has 1 saturated heterocycles. The average molecular weight is 387 g/mol. The van der Waals surface area contributed by atoms with E-state index in [1.54, 1.807) is 7.11 Å². The van der Waals surface area contributed by atoms with Crippen molar-refractivity contribution >= 4 is 29.6 Å². The summed E-state index contributed by atoms with van der Waals surface area (Å²) in [6.45, 7) is 5.88. The van der Waals surface area contributed by atoms with Crippen LogP contribution in [0.25, 0.3) is 0 Å². The number of carbonyl (C=O) groups excluding carboxylic acids is 2. The molecule has 0 saturated carbocycles. The van der Waals surface area contributed by atoms with E-state index in [-0.39, 0.29) is 12.3 Å². The molecule has 0 N–H and O–H groups in total. The number of benzene rings is 2. The van der Waals surface area contributed by atoms with Gasteiger partial charge in [0.2, 0.25) is 6.10 Å². The molecule has 2 aromatic rings. The minimum Gasteiger partial charge on any atom is -0.497 e. The van der Waals surface area contributed by atoms with Crippen LogP contribution in [0, 0.1) is 5.41 Å². The summed E-state index contributed by atoms with van der Waals surface area (Å²) >= 11 is 0. The Bertz CT molecular complexity index is 831. The maximum Gasteiger partial charge on any atom is 0.461 e. The van der Waals surface area contributed by atoms with Crippen LogP contribution in [0.4, 0.5) is 4.79 Å². The Balaban J connectivity index is 2.01. The van der Waals surface area contributed by atoms with Crippen LogP contribution in [0.2, 0.25) is 0 Å². The number of carbonyl (C=O) groups is 2. The van der Waals surface area contributed by atoms with Crippen LogP contribution in [-0.2, 0) is 14.3 Å². The van der Waals surface area contributed by atoms with Gasteiger partial charge in [0.25, 0.3) is 0 Å². The molecule has 142 valence electrons. The Morgan fingerprint density at radius 1 is 1.07 bits per heavy atom. The highest BCUT2D eigenvalue weighted by Crippen LogP contribution is 2.55. The smallest absolute Gasteiger partial charge is 0.461 e. The van der Waals surface area contributed by atoms with Gasteiger partial charge in [0.1, 0.15) is 23.0 Å². The zero-order valence-corrected chi connectivity index (χ0v) is 16.9. The molecule has 2 atom stereocenters. The van der Waals surface area contributed by atoms with E-state index in [9.17, 15) is 9.59 Å². The first kappa shape index (κ1) is 19.4. The number of hydrogen-bond donors (Lipinski definition) is 0. The molecule has 1 fully saturated rings. The summed E-state index contributed by atoms with van der Waals surface area (Å²) < 4.78 is 16.1. The Morgan fingerprint density at radius 3 is 2.19 bits per heavy atom. The first-order chi connectivity index (χ1) is 12.8. The lowest BCUT2D eigenvalue weighted by Crippen LogP contribution is -2.38. The van der Waals surface area contributed by atoms with Gasteiger partial charge in [-0.15, -0.1) is 0 Å². The van der Waals surface area contributed by atoms with Crippen LogP contribution in [0.1, 0.15) is 13.8 Å². The predicted molar refractivity (Wildman–Crippen MR) is 107 cm³/mol. The molecule has 1 aliphatic rings. The lowest BCUT2D eigenvalue weighted by Gasteiger charge is -2.25.